The molecule has 2 aromatic carbocycles. The van der Waals surface area contributed by atoms with Crippen molar-refractivity contribution in [1.29, 1.82) is 0 Å². The summed E-state index contributed by atoms with van der Waals surface area (Å²) in [7, 11) is 3.41. The molecule has 0 spiro atoms. The zero-order valence-electron chi connectivity index (χ0n) is 16.4. The highest BCUT2D eigenvalue weighted by atomic mass is 16.2. The third-order valence-electron chi connectivity index (χ3n) is 4.86. The number of nitrogens with zero attached hydrogens (tertiary/aromatic N) is 3. The van der Waals surface area contributed by atoms with Crippen molar-refractivity contribution in [2.24, 2.45) is 0 Å². The molecule has 0 radical (unpaired) electrons. The molecular weight excluding hydrogens is 362 g/mol. The topological polar surface area (TPSA) is 55.2 Å². The molecule has 2 aromatic heterocycles. The highest BCUT2D eigenvalue weighted by Crippen LogP contribution is 2.17. The standard InChI is InChI=1S/C24H21N3O2/c1-26(2)24(29)19-11-9-18(10-12-19)23(28)22-8-5-13-27(22)16-17-14-20-6-3-4-7-21(20)25-15-17/h3-15H,16H2,1-2H3. The van der Waals surface area contributed by atoms with Gasteiger partial charge in [0.25, 0.3) is 5.91 Å². The van der Waals surface area contributed by atoms with Crippen LogP contribution in [0.4, 0.5) is 0 Å². The molecule has 0 aliphatic rings. The molecule has 0 saturated carbocycles. The van der Waals surface area contributed by atoms with Crippen molar-refractivity contribution < 1.29 is 9.59 Å². The molecule has 0 bridgehead atoms. The summed E-state index contributed by atoms with van der Waals surface area (Å²) in [5, 5.41) is 1.08. The second kappa shape index (κ2) is 7.72. The first-order chi connectivity index (χ1) is 14.0. The van der Waals surface area contributed by atoms with Gasteiger partial charge >= 0.3 is 0 Å². The van der Waals surface area contributed by atoms with E-state index in [1.165, 1.54) is 4.90 Å². The van der Waals surface area contributed by atoms with Crippen molar-refractivity contribution in [3.63, 3.8) is 0 Å². The van der Waals surface area contributed by atoms with Crippen LogP contribution in [0.15, 0.2) is 79.1 Å². The summed E-state index contributed by atoms with van der Waals surface area (Å²) in [5.41, 5.74) is 3.69. The van der Waals surface area contributed by atoms with Crippen LogP contribution in [0.2, 0.25) is 0 Å². The lowest BCUT2D eigenvalue weighted by atomic mass is 10.1. The van der Waals surface area contributed by atoms with Crippen molar-refractivity contribution in [3.8, 4) is 0 Å². The fourth-order valence-corrected chi connectivity index (χ4v) is 3.33. The highest BCUT2D eigenvalue weighted by molar-refractivity contribution is 6.08. The van der Waals surface area contributed by atoms with Gasteiger partial charge in [-0.1, -0.05) is 30.3 Å². The van der Waals surface area contributed by atoms with Crippen LogP contribution in [-0.2, 0) is 6.54 Å². The number of aromatic nitrogens is 2. The number of hydrogen-bond donors (Lipinski definition) is 0. The summed E-state index contributed by atoms with van der Waals surface area (Å²) >= 11 is 0. The Bertz CT molecular complexity index is 1190. The summed E-state index contributed by atoms with van der Waals surface area (Å²) in [5.74, 6) is -0.163. The molecule has 0 unspecified atom stereocenters. The molecule has 5 heteroatoms. The molecule has 4 aromatic rings. The molecule has 0 aliphatic heterocycles. The number of hydrogen-bond acceptors (Lipinski definition) is 3. The normalized spacial score (nSPS) is 10.8. The summed E-state index contributed by atoms with van der Waals surface area (Å²) in [6, 6.07) is 20.5. The number of carbonyl (C=O) groups excluding carboxylic acids is 2. The van der Waals surface area contributed by atoms with Crippen LogP contribution < -0.4 is 0 Å². The van der Waals surface area contributed by atoms with Gasteiger partial charge in [-0.15, -0.1) is 0 Å². The molecule has 29 heavy (non-hydrogen) atoms. The van der Waals surface area contributed by atoms with Gasteiger partial charge in [0, 0.05) is 49.5 Å². The second-order valence-electron chi connectivity index (χ2n) is 7.16. The van der Waals surface area contributed by atoms with E-state index >= 15 is 0 Å². The van der Waals surface area contributed by atoms with Crippen molar-refractivity contribution in [2.45, 2.75) is 6.54 Å². The van der Waals surface area contributed by atoms with Crippen LogP contribution in [0.1, 0.15) is 32.0 Å². The number of benzene rings is 2. The third kappa shape index (κ3) is 3.80. The first-order valence-corrected chi connectivity index (χ1v) is 9.38. The van der Waals surface area contributed by atoms with Crippen LogP contribution >= 0.6 is 0 Å². The number of rotatable bonds is 5. The SMILES string of the molecule is CN(C)C(=O)c1ccc(C(=O)c2cccn2Cc2cnc3ccccc3c2)cc1. The number of carbonyl (C=O) groups is 2. The number of para-hydroxylation sites is 1. The van der Waals surface area contributed by atoms with Gasteiger partial charge in [0.1, 0.15) is 0 Å². The Morgan fingerprint density at radius 1 is 0.931 bits per heavy atom. The minimum atomic E-state index is -0.0869. The summed E-state index contributed by atoms with van der Waals surface area (Å²) < 4.78 is 1.92. The van der Waals surface area contributed by atoms with E-state index in [-0.39, 0.29) is 11.7 Å². The second-order valence-corrected chi connectivity index (χ2v) is 7.16. The zero-order valence-corrected chi connectivity index (χ0v) is 16.4. The monoisotopic (exact) mass is 383 g/mol. The Balaban J connectivity index is 1.58. The van der Waals surface area contributed by atoms with Crippen molar-refractivity contribution in [2.75, 3.05) is 14.1 Å². The number of fused-ring (bicyclic) bond motifs is 1. The Morgan fingerprint density at radius 2 is 1.66 bits per heavy atom. The lowest BCUT2D eigenvalue weighted by Crippen LogP contribution is -2.21. The Morgan fingerprint density at radius 3 is 2.41 bits per heavy atom. The van der Waals surface area contributed by atoms with Crippen LogP contribution in [-0.4, -0.2) is 40.2 Å². The van der Waals surface area contributed by atoms with Crippen LogP contribution in [0, 0.1) is 0 Å². The lowest BCUT2D eigenvalue weighted by Gasteiger charge is -2.11. The first kappa shape index (κ1) is 18.6. The average molecular weight is 383 g/mol. The van der Waals surface area contributed by atoms with Crippen molar-refractivity contribution in [3.05, 3.63) is 102 Å². The maximum absolute atomic E-state index is 13.0. The van der Waals surface area contributed by atoms with E-state index in [9.17, 15) is 9.59 Å². The largest absolute Gasteiger partial charge is 0.345 e. The molecule has 2 heterocycles. The lowest BCUT2D eigenvalue weighted by molar-refractivity contribution is 0.0827. The molecule has 0 aliphatic carbocycles. The maximum atomic E-state index is 13.0. The van der Waals surface area contributed by atoms with Crippen molar-refractivity contribution >= 4 is 22.6 Å². The predicted octanol–water partition coefficient (Wildman–Crippen LogP) is 4.02. The molecule has 4 rings (SSSR count). The van der Waals surface area contributed by atoms with Crippen LogP contribution in [0.3, 0.4) is 0 Å². The van der Waals surface area contributed by atoms with E-state index in [0.29, 0.717) is 23.4 Å². The van der Waals surface area contributed by atoms with Gasteiger partial charge in [-0.2, -0.15) is 0 Å². The smallest absolute Gasteiger partial charge is 0.253 e. The molecule has 1 amide bonds. The molecule has 0 N–H and O–H groups in total. The first-order valence-electron chi connectivity index (χ1n) is 9.38. The molecule has 5 nitrogen and oxygen atoms in total. The fourth-order valence-electron chi connectivity index (χ4n) is 3.33. The van der Waals surface area contributed by atoms with E-state index in [2.05, 4.69) is 11.1 Å². The summed E-state index contributed by atoms with van der Waals surface area (Å²) in [6.07, 6.45) is 3.74. The zero-order chi connectivity index (χ0) is 20.4. The average Bonchev–Trinajstić information content (AvgIpc) is 3.20. The van der Waals surface area contributed by atoms with Gasteiger partial charge in [0.2, 0.25) is 5.78 Å². The maximum Gasteiger partial charge on any atom is 0.253 e. The number of amides is 1. The van der Waals surface area contributed by atoms with Gasteiger partial charge in [0.15, 0.2) is 0 Å². The molecule has 0 atom stereocenters. The van der Waals surface area contributed by atoms with Crippen LogP contribution in [0.25, 0.3) is 10.9 Å². The number of pyridine rings is 1. The Kier molecular flexibility index (Phi) is 4.96. The van der Waals surface area contributed by atoms with E-state index in [1.54, 1.807) is 38.4 Å². The molecular formula is C24H21N3O2. The van der Waals surface area contributed by atoms with E-state index < -0.39 is 0 Å². The Labute approximate surface area is 169 Å². The van der Waals surface area contributed by atoms with Gasteiger partial charge in [-0.3, -0.25) is 14.6 Å². The minimum Gasteiger partial charge on any atom is -0.345 e. The van der Waals surface area contributed by atoms with Gasteiger partial charge < -0.3 is 9.47 Å². The van der Waals surface area contributed by atoms with Crippen LogP contribution in [0.5, 0.6) is 0 Å². The quantitative estimate of drug-likeness (QED) is 0.489. The fraction of sp³-hybridized carbons (Fsp3) is 0.125. The summed E-state index contributed by atoms with van der Waals surface area (Å²) in [4.78, 5) is 31.1. The third-order valence-corrected chi connectivity index (χ3v) is 4.86. The highest BCUT2D eigenvalue weighted by Gasteiger charge is 2.15. The molecule has 0 fully saturated rings. The molecule has 144 valence electrons. The Hall–Kier alpha value is -3.73. The van der Waals surface area contributed by atoms with Gasteiger partial charge in [-0.25, -0.2) is 0 Å². The van der Waals surface area contributed by atoms with E-state index in [0.717, 1.165) is 16.5 Å². The summed E-state index contributed by atoms with van der Waals surface area (Å²) in [6.45, 7) is 0.559. The van der Waals surface area contributed by atoms with Gasteiger partial charge in [0.05, 0.1) is 11.2 Å². The predicted molar refractivity (Wildman–Crippen MR) is 113 cm³/mol. The van der Waals surface area contributed by atoms with E-state index in [4.69, 9.17) is 0 Å². The van der Waals surface area contributed by atoms with Gasteiger partial charge in [-0.05, 0) is 42.0 Å². The van der Waals surface area contributed by atoms with E-state index in [1.807, 2.05) is 53.4 Å². The van der Waals surface area contributed by atoms with Crippen molar-refractivity contribution in [1.82, 2.24) is 14.5 Å². The number of ketones is 1. The molecule has 0 saturated heterocycles. The minimum absolute atomic E-state index is 0.0763.